The van der Waals surface area contributed by atoms with E-state index in [2.05, 4.69) is 132 Å². The van der Waals surface area contributed by atoms with Gasteiger partial charge in [-0.2, -0.15) is 0 Å². The van der Waals surface area contributed by atoms with Crippen LogP contribution in [0.2, 0.25) is 0 Å². The summed E-state index contributed by atoms with van der Waals surface area (Å²) in [5, 5.41) is 7.88. The Kier molecular flexibility index (Phi) is 10.4. The molecule has 0 aliphatic rings. The molecular weight excluding hydrogens is 639 g/mol. The van der Waals surface area contributed by atoms with Gasteiger partial charge < -0.3 is 17.7 Å². The van der Waals surface area contributed by atoms with Crippen LogP contribution in [0.5, 0.6) is 0 Å². The van der Waals surface area contributed by atoms with E-state index in [0.29, 0.717) is 11.8 Å². The first-order valence-corrected chi connectivity index (χ1v) is 13.2. The van der Waals surface area contributed by atoms with Crippen molar-refractivity contribution in [2.45, 2.75) is 52.5 Å². The molecule has 198 valence electrons. The molecule has 0 amide bonds. The van der Waals surface area contributed by atoms with Crippen molar-refractivity contribution in [3.05, 3.63) is 144 Å². The van der Waals surface area contributed by atoms with Crippen molar-refractivity contribution in [1.82, 2.24) is 4.98 Å². The molecule has 0 radical (unpaired) electrons. The molecule has 4 aromatic carbocycles. The van der Waals surface area contributed by atoms with Gasteiger partial charge >= 0.3 is 0 Å². The normalized spacial score (nSPS) is 11.7. The van der Waals surface area contributed by atoms with Gasteiger partial charge in [-0.1, -0.05) is 129 Å². The van der Waals surface area contributed by atoms with E-state index in [0.717, 1.165) is 28.0 Å². The molecule has 5 rings (SSSR count). The van der Waals surface area contributed by atoms with Crippen molar-refractivity contribution in [2.75, 3.05) is 0 Å². The Labute approximate surface area is 253 Å². The van der Waals surface area contributed by atoms with Crippen molar-refractivity contribution < 1.29 is 25.8 Å². The zero-order valence-corrected chi connectivity index (χ0v) is 27.5. The fourth-order valence-electron chi connectivity index (χ4n) is 5.10. The summed E-state index contributed by atoms with van der Waals surface area (Å²) < 4.78 is 0. The fourth-order valence-corrected chi connectivity index (χ4v) is 5.10. The van der Waals surface area contributed by atoms with E-state index < -0.39 is 0 Å². The molecule has 1 unspecified atom stereocenters. The van der Waals surface area contributed by atoms with Crippen LogP contribution in [0.1, 0.15) is 73.5 Å². The maximum Gasteiger partial charge on any atom is 0.0195 e. The van der Waals surface area contributed by atoms with Gasteiger partial charge in [0.1, 0.15) is 0 Å². The molecule has 0 saturated heterocycles. The molecule has 39 heavy (non-hydrogen) atoms. The smallest absolute Gasteiger partial charge is 0.0195 e. The minimum atomic E-state index is -0.214. The second-order valence-electron chi connectivity index (χ2n) is 10.4. The molecule has 0 saturated carbocycles. The largest absolute Gasteiger partial charge is 0.673 e. The van der Waals surface area contributed by atoms with Crippen molar-refractivity contribution in [3.8, 4) is 11.3 Å². The molecule has 0 bridgehead atoms. The van der Waals surface area contributed by atoms with Crippen LogP contribution in [0.4, 0.5) is 5.69 Å². The maximum absolute atomic E-state index is 5.53. The number of aryl methyl sites for hydroxylation is 1. The second kappa shape index (κ2) is 13.3. The second-order valence-corrected chi connectivity index (χ2v) is 10.4. The summed E-state index contributed by atoms with van der Waals surface area (Å²) in [4.78, 5) is 5.23. The Balaban J connectivity index is 0.00000210. The molecular formula is C36H37HfN2-3. The Bertz CT molecular complexity index is 1510. The molecule has 0 N–H and O–H groups in total. The van der Waals surface area contributed by atoms with E-state index in [9.17, 15) is 0 Å². The molecule has 2 nitrogen and oxygen atoms in total. The fraction of sp³-hybridized carbons (Fsp3) is 0.222. The van der Waals surface area contributed by atoms with Crippen molar-refractivity contribution in [3.63, 3.8) is 0 Å². The van der Waals surface area contributed by atoms with Crippen molar-refractivity contribution >= 4 is 16.5 Å². The van der Waals surface area contributed by atoms with Gasteiger partial charge in [0.2, 0.25) is 0 Å². The number of benzene rings is 4. The van der Waals surface area contributed by atoms with E-state index in [4.69, 9.17) is 10.3 Å². The molecule has 1 aromatic heterocycles. The van der Waals surface area contributed by atoms with E-state index in [1.54, 1.807) is 0 Å². The Morgan fingerprint density at radius 3 is 2.00 bits per heavy atom. The third-order valence-electron chi connectivity index (χ3n) is 7.11. The first-order valence-electron chi connectivity index (χ1n) is 13.2. The van der Waals surface area contributed by atoms with Crippen LogP contribution in [0.3, 0.4) is 0 Å². The quantitative estimate of drug-likeness (QED) is 0.125. The van der Waals surface area contributed by atoms with Crippen LogP contribution in [-0.4, -0.2) is 4.98 Å². The van der Waals surface area contributed by atoms with Gasteiger partial charge in [-0.05, 0) is 42.1 Å². The predicted molar refractivity (Wildman–Crippen MR) is 163 cm³/mol. The minimum Gasteiger partial charge on any atom is -0.673 e. The SMILES string of the molecule is Cc1ccccc1C([N-]c1c(C(C)C)cccc1C(C)C)c1cccc(-c2[c-]ccc3ccccc23)n1.[CH3-].[Hf]. The molecule has 0 aliphatic carbocycles. The molecule has 1 heterocycles. The topological polar surface area (TPSA) is 27.0 Å². The Hall–Kier alpha value is -3.04. The molecule has 3 heteroatoms. The monoisotopic (exact) mass is 677 g/mol. The van der Waals surface area contributed by atoms with E-state index in [1.165, 1.54) is 27.6 Å². The van der Waals surface area contributed by atoms with Gasteiger partial charge in [0.05, 0.1) is 0 Å². The predicted octanol–water partition coefficient (Wildman–Crippen LogP) is 10.5. The van der Waals surface area contributed by atoms with Gasteiger partial charge in [-0.3, -0.25) is 0 Å². The first-order chi connectivity index (χ1) is 17.9. The third-order valence-corrected chi connectivity index (χ3v) is 7.11. The average Bonchev–Trinajstić information content (AvgIpc) is 2.91. The Morgan fingerprint density at radius 1 is 0.692 bits per heavy atom. The first kappa shape index (κ1) is 30.5. The van der Waals surface area contributed by atoms with Gasteiger partial charge in [0.15, 0.2) is 0 Å². The van der Waals surface area contributed by atoms with Crippen molar-refractivity contribution in [2.24, 2.45) is 0 Å². The summed E-state index contributed by atoms with van der Waals surface area (Å²) in [7, 11) is 0. The molecule has 1 atom stereocenters. The zero-order valence-electron chi connectivity index (χ0n) is 23.9. The van der Waals surface area contributed by atoms with Crippen molar-refractivity contribution in [1.29, 1.82) is 0 Å². The van der Waals surface area contributed by atoms with Crippen LogP contribution >= 0.6 is 0 Å². The van der Waals surface area contributed by atoms with Gasteiger partial charge in [-0.15, -0.1) is 34.8 Å². The number of hydrogen-bond acceptors (Lipinski definition) is 1. The van der Waals surface area contributed by atoms with Crippen LogP contribution in [-0.2, 0) is 25.8 Å². The maximum atomic E-state index is 5.53. The minimum absolute atomic E-state index is 0. The summed E-state index contributed by atoms with van der Waals surface area (Å²) in [5.74, 6) is 0.749. The number of aromatic nitrogens is 1. The Morgan fingerprint density at radius 2 is 1.31 bits per heavy atom. The summed E-state index contributed by atoms with van der Waals surface area (Å²) in [6.45, 7) is 11.2. The average molecular weight is 676 g/mol. The summed E-state index contributed by atoms with van der Waals surface area (Å²) in [6.07, 6.45) is 0. The van der Waals surface area contributed by atoms with E-state index in [-0.39, 0.29) is 39.3 Å². The van der Waals surface area contributed by atoms with Crippen LogP contribution in [0, 0.1) is 20.4 Å². The molecule has 0 fully saturated rings. The summed E-state index contributed by atoms with van der Waals surface area (Å²) in [5.41, 5.74) is 8.95. The third kappa shape index (κ3) is 6.41. The standard InChI is InChI=1S/C35H34N2.CH3.Hf/c1-23(2)27-18-11-19-28(24(3)4)34(27)37-35(29-16-8-6-13-25(29)5)33-22-12-21-32(36-33)31-20-10-15-26-14-7-9-17-30(26)31;;/h6-19,21-24,35H,1-5H3;1H3;/q-2;-1;. The number of nitrogens with zero attached hydrogens (tertiary/aromatic N) is 2. The summed E-state index contributed by atoms with van der Waals surface area (Å²) >= 11 is 0. The number of fused-ring (bicyclic) bond motifs is 1. The molecule has 5 aromatic rings. The van der Waals surface area contributed by atoms with Gasteiger partial charge in [0, 0.05) is 31.5 Å². The van der Waals surface area contributed by atoms with Gasteiger partial charge in [0.25, 0.3) is 0 Å². The number of hydrogen-bond donors (Lipinski definition) is 0. The van der Waals surface area contributed by atoms with Crippen LogP contribution < -0.4 is 0 Å². The van der Waals surface area contributed by atoms with E-state index >= 15 is 0 Å². The molecule has 0 spiro atoms. The number of para-hydroxylation sites is 1. The molecule has 0 aliphatic heterocycles. The van der Waals surface area contributed by atoms with Crippen LogP contribution in [0.15, 0.2) is 97.1 Å². The zero-order chi connectivity index (χ0) is 25.9. The van der Waals surface area contributed by atoms with Gasteiger partial charge in [-0.25, -0.2) is 0 Å². The summed E-state index contributed by atoms with van der Waals surface area (Å²) in [6, 6.07) is 37.2. The van der Waals surface area contributed by atoms with E-state index in [1.807, 2.05) is 6.07 Å². The number of pyridine rings is 1. The van der Waals surface area contributed by atoms with Crippen LogP contribution in [0.25, 0.3) is 27.3 Å². The number of rotatable bonds is 7.